The zero-order valence-electron chi connectivity index (χ0n) is 15.1. The van der Waals surface area contributed by atoms with E-state index in [4.69, 9.17) is 9.47 Å². The fraction of sp³-hybridized carbons (Fsp3) is 0.130. The van der Waals surface area contributed by atoms with Crippen LogP contribution in [-0.4, -0.2) is 25.8 Å². The molecule has 134 valence electrons. The molecule has 4 nitrogen and oxygen atoms in total. The number of ether oxygens (including phenoxy) is 2. The molecule has 3 aromatic rings. The van der Waals surface area contributed by atoms with Crippen LogP contribution in [0.1, 0.15) is 43.0 Å². The lowest BCUT2D eigenvalue weighted by molar-refractivity contribution is 0.0974. The second kappa shape index (κ2) is 6.72. The molecule has 0 aromatic heterocycles. The van der Waals surface area contributed by atoms with Gasteiger partial charge in [0.2, 0.25) is 5.78 Å². The number of fused-ring (bicyclic) bond motifs is 2. The molecule has 0 atom stereocenters. The predicted molar refractivity (Wildman–Crippen MR) is 102 cm³/mol. The second-order valence-corrected chi connectivity index (χ2v) is 6.38. The van der Waals surface area contributed by atoms with E-state index >= 15 is 0 Å². The van der Waals surface area contributed by atoms with Crippen molar-refractivity contribution in [2.24, 2.45) is 0 Å². The van der Waals surface area contributed by atoms with Crippen LogP contribution >= 0.6 is 0 Å². The maximum absolute atomic E-state index is 13.3. The molecular weight excluding hydrogens is 340 g/mol. The van der Waals surface area contributed by atoms with Crippen LogP contribution in [0.15, 0.2) is 60.7 Å². The van der Waals surface area contributed by atoms with Crippen molar-refractivity contribution in [3.05, 3.63) is 94.0 Å². The van der Waals surface area contributed by atoms with E-state index in [1.54, 1.807) is 24.3 Å². The molecule has 1 aliphatic rings. The summed E-state index contributed by atoms with van der Waals surface area (Å²) < 4.78 is 10.9. The van der Waals surface area contributed by atoms with Crippen molar-refractivity contribution in [1.82, 2.24) is 0 Å². The van der Waals surface area contributed by atoms with Gasteiger partial charge in [0.15, 0.2) is 5.78 Å². The van der Waals surface area contributed by atoms with E-state index in [1.807, 2.05) is 36.4 Å². The molecule has 0 saturated heterocycles. The smallest absolute Gasteiger partial charge is 0.201 e. The highest BCUT2D eigenvalue weighted by Gasteiger charge is 2.35. The van der Waals surface area contributed by atoms with E-state index in [9.17, 15) is 9.59 Å². The zero-order valence-corrected chi connectivity index (χ0v) is 15.1. The normalized spacial score (nSPS) is 12.4. The molecule has 0 unspecified atom stereocenters. The number of hydrogen-bond donors (Lipinski definition) is 0. The van der Waals surface area contributed by atoms with E-state index < -0.39 is 0 Å². The van der Waals surface area contributed by atoms with Crippen LogP contribution in [0.4, 0.5) is 0 Å². The Hall–Kier alpha value is -3.40. The molecule has 27 heavy (non-hydrogen) atoms. The van der Waals surface area contributed by atoms with Gasteiger partial charge in [-0.15, -0.1) is 0 Å². The van der Waals surface area contributed by atoms with E-state index in [2.05, 4.69) is 0 Å². The molecule has 0 heterocycles. The maximum Gasteiger partial charge on any atom is 0.201 e. The van der Waals surface area contributed by atoms with E-state index in [1.165, 1.54) is 14.2 Å². The third-order valence-electron chi connectivity index (χ3n) is 4.87. The van der Waals surface area contributed by atoms with E-state index in [-0.39, 0.29) is 11.6 Å². The van der Waals surface area contributed by atoms with Crippen LogP contribution in [0.25, 0.3) is 0 Å². The summed E-state index contributed by atoms with van der Waals surface area (Å²) in [7, 11) is 3.02. The van der Waals surface area contributed by atoms with Gasteiger partial charge in [0.1, 0.15) is 11.5 Å². The molecular formula is C23H18O4. The summed E-state index contributed by atoms with van der Waals surface area (Å²) in [6, 6.07) is 18.6. The number of ketones is 2. The summed E-state index contributed by atoms with van der Waals surface area (Å²) in [6.07, 6.45) is 0.609. The fourth-order valence-electron chi connectivity index (χ4n) is 3.62. The molecule has 1 aliphatic carbocycles. The van der Waals surface area contributed by atoms with Gasteiger partial charge in [-0.05, 0) is 23.3 Å². The molecule has 0 radical (unpaired) electrons. The van der Waals surface area contributed by atoms with Crippen LogP contribution in [0.5, 0.6) is 11.5 Å². The quantitative estimate of drug-likeness (QED) is 0.552. The first-order valence-electron chi connectivity index (χ1n) is 8.66. The molecule has 0 bridgehead atoms. The highest BCUT2D eigenvalue weighted by Crippen LogP contribution is 2.39. The minimum Gasteiger partial charge on any atom is -0.496 e. The Balaban J connectivity index is 1.90. The van der Waals surface area contributed by atoms with Crippen molar-refractivity contribution < 1.29 is 19.1 Å². The maximum atomic E-state index is 13.3. The van der Waals surface area contributed by atoms with Crippen molar-refractivity contribution in [3.8, 4) is 11.5 Å². The van der Waals surface area contributed by atoms with Gasteiger partial charge < -0.3 is 9.47 Å². The summed E-state index contributed by atoms with van der Waals surface area (Å²) in [5, 5.41) is 0. The zero-order chi connectivity index (χ0) is 19.0. The Morgan fingerprint density at radius 2 is 1.44 bits per heavy atom. The summed E-state index contributed by atoms with van der Waals surface area (Å²) >= 11 is 0. The van der Waals surface area contributed by atoms with Gasteiger partial charge in [0, 0.05) is 17.5 Å². The number of rotatable bonds is 4. The van der Waals surface area contributed by atoms with Gasteiger partial charge in [-0.25, -0.2) is 0 Å². The van der Waals surface area contributed by atoms with Crippen molar-refractivity contribution in [1.29, 1.82) is 0 Å². The first kappa shape index (κ1) is 17.0. The number of carbonyl (C=O) groups is 2. The van der Waals surface area contributed by atoms with Gasteiger partial charge in [-0.1, -0.05) is 48.5 Å². The van der Waals surface area contributed by atoms with Crippen LogP contribution in [0.2, 0.25) is 0 Å². The number of benzene rings is 3. The molecule has 0 amide bonds. The second-order valence-electron chi connectivity index (χ2n) is 6.38. The molecule has 4 rings (SSSR count). The molecule has 0 N–H and O–H groups in total. The Bertz CT molecular complexity index is 1050. The van der Waals surface area contributed by atoms with E-state index in [0.29, 0.717) is 40.2 Å². The third kappa shape index (κ3) is 2.70. The lowest BCUT2D eigenvalue weighted by Crippen LogP contribution is -2.23. The van der Waals surface area contributed by atoms with Gasteiger partial charge in [-0.2, -0.15) is 0 Å². The van der Waals surface area contributed by atoms with Crippen LogP contribution in [-0.2, 0) is 6.42 Å². The Morgan fingerprint density at radius 1 is 0.704 bits per heavy atom. The highest BCUT2D eigenvalue weighted by atomic mass is 16.5. The van der Waals surface area contributed by atoms with Crippen molar-refractivity contribution in [2.75, 3.05) is 14.2 Å². The van der Waals surface area contributed by atoms with Gasteiger partial charge >= 0.3 is 0 Å². The Labute approximate surface area is 157 Å². The van der Waals surface area contributed by atoms with Gasteiger partial charge in [-0.3, -0.25) is 9.59 Å². The standard InChI is InChI=1S/C23H18O4/c1-26-18-10-6-9-16-19(18)22(25)20-17(21(16)24)12-11-15(23(20)27-2)13-14-7-4-3-5-8-14/h3-12H,13H2,1-2H3. The minimum atomic E-state index is -0.246. The topological polar surface area (TPSA) is 52.6 Å². The minimum absolute atomic E-state index is 0.192. The predicted octanol–water partition coefficient (Wildman–Crippen LogP) is 4.07. The Kier molecular flexibility index (Phi) is 4.24. The van der Waals surface area contributed by atoms with Gasteiger partial charge in [0.25, 0.3) is 0 Å². The average molecular weight is 358 g/mol. The monoisotopic (exact) mass is 358 g/mol. The summed E-state index contributed by atoms with van der Waals surface area (Å²) in [6.45, 7) is 0. The van der Waals surface area contributed by atoms with Crippen molar-refractivity contribution >= 4 is 11.6 Å². The lowest BCUT2D eigenvalue weighted by Gasteiger charge is -2.23. The first-order valence-corrected chi connectivity index (χ1v) is 8.66. The largest absolute Gasteiger partial charge is 0.496 e. The Morgan fingerprint density at radius 3 is 2.15 bits per heavy atom. The molecule has 0 spiro atoms. The number of methoxy groups -OCH3 is 2. The third-order valence-corrected chi connectivity index (χ3v) is 4.87. The van der Waals surface area contributed by atoms with Gasteiger partial charge in [0.05, 0.1) is 25.3 Å². The fourth-order valence-corrected chi connectivity index (χ4v) is 3.62. The average Bonchev–Trinajstić information content (AvgIpc) is 2.71. The molecule has 0 aliphatic heterocycles. The SMILES string of the molecule is COc1cccc2c1C(=O)c1c(ccc(Cc3ccccc3)c1OC)C2=O. The van der Waals surface area contributed by atoms with Crippen LogP contribution < -0.4 is 9.47 Å². The van der Waals surface area contributed by atoms with E-state index in [0.717, 1.165) is 11.1 Å². The summed E-state index contributed by atoms with van der Waals surface area (Å²) in [5.41, 5.74) is 3.31. The first-order chi connectivity index (χ1) is 13.2. The van der Waals surface area contributed by atoms with Crippen molar-refractivity contribution in [2.45, 2.75) is 6.42 Å². The molecule has 0 fully saturated rings. The number of hydrogen-bond acceptors (Lipinski definition) is 4. The highest BCUT2D eigenvalue weighted by molar-refractivity contribution is 6.30. The van der Waals surface area contributed by atoms with Crippen LogP contribution in [0, 0.1) is 0 Å². The van der Waals surface area contributed by atoms with Crippen molar-refractivity contribution in [3.63, 3.8) is 0 Å². The molecule has 3 aromatic carbocycles. The van der Waals surface area contributed by atoms with Crippen LogP contribution in [0.3, 0.4) is 0 Å². The lowest BCUT2D eigenvalue weighted by atomic mass is 9.81. The number of carbonyl (C=O) groups excluding carboxylic acids is 2. The summed E-state index contributed by atoms with van der Waals surface area (Å²) in [5.74, 6) is 0.408. The summed E-state index contributed by atoms with van der Waals surface area (Å²) in [4.78, 5) is 26.3. The molecule has 4 heteroatoms. The molecule has 0 saturated carbocycles.